The van der Waals surface area contributed by atoms with Crippen LogP contribution in [-0.2, 0) is 10.0 Å². The van der Waals surface area contributed by atoms with Crippen molar-refractivity contribution in [2.45, 2.75) is 43.7 Å². The Labute approximate surface area is 121 Å². The molecule has 0 saturated heterocycles. The van der Waals surface area contributed by atoms with Crippen LogP contribution in [0.15, 0.2) is 23.4 Å². The van der Waals surface area contributed by atoms with Crippen molar-refractivity contribution in [2.24, 2.45) is 5.92 Å². The number of hydrogen-bond acceptors (Lipinski definition) is 4. The molecule has 0 spiro atoms. The van der Waals surface area contributed by atoms with Crippen LogP contribution in [0.2, 0.25) is 0 Å². The Morgan fingerprint density at radius 1 is 1.40 bits per heavy atom. The van der Waals surface area contributed by atoms with E-state index in [1.165, 1.54) is 16.9 Å². The Kier molecular flexibility index (Phi) is 4.65. The third-order valence-electron chi connectivity index (χ3n) is 4.09. The SMILES string of the molecule is CNc1cccnc1S(=O)(=O)N(C)C1CCCC(C)C1. The Balaban J connectivity index is 2.29. The average Bonchev–Trinajstić information content (AvgIpc) is 2.46. The number of rotatable bonds is 4. The van der Waals surface area contributed by atoms with E-state index < -0.39 is 10.0 Å². The van der Waals surface area contributed by atoms with Crippen molar-refractivity contribution in [1.29, 1.82) is 0 Å². The third kappa shape index (κ3) is 2.96. The number of anilines is 1. The first-order chi connectivity index (χ1) is 9.46. The molecule has 112 valence electrons. The van der Waals surface area contributed by atoms with Gasteiger partial charge in [0.25, 0.3) is 10.0 Å². The molecule has 0 aromatic carbocycles. The lowest BCUT2D eigenvalue weighted by atomic mass is 9.87. The molecule has 1 saturated carbocycles. The van der Waals surface area contributed by atoms with Crippen LogP contribution in [0.4, 0.5) is 5.69 Å². The maximum absolute atomic E-state index is 12.7. The van der Waals surface area contributed by atoms with E-state index in [0.717, 1.165) is 19.3 Å². The molecule has 2 unspecified atom stereocenters. The first-order valence-corrected chi connectivity index (χ1v) is 8.51. The van der Waals surface area contributed by atoms with Gasteiger partial charge in [-0.1, -0.05) is 19.8 Å². The minimum absolute atomic E-state index is 0.0791. The lowest BCUT2D eigenvalue weighted by molar-refractivity contribution is 0.239. The Bertz CT molecular complexity index is 559. The summed E-state index contributed by atoms with van der Waals surface area (Å²) in [6.07, 6.45) is 5.66. The van der Waals surface area contributed by atoms with E-state index in [0.29, 0.717) is 11.6 Å². The quantitative estimate of drug-likeness (QED) is 0.926. The van der Waals surface area contributed by atoms with Crippen LogP contribution >= 0.6 is 0 Å². The minimum Gasteiger partial charge on any atom is -0.386 e. The fourth-order valence-corrected chi connectivity index (χ4v) is 4.35. The normalized spacial score (nSPS) is 23.8. The molecule has 0 bridgehead atoms. The maximum Gasteiger partial charge on any atom is 0.262 e. The predicted molar refractivity (Wildman–Crippen MR) is 80.2 cm³/mol. The van der Waals surface area contributed by atoms with E-state index in [2.05, 4.69) is 17.2 Å². The summed E-state index contributed by atoms with van der Waals surface area (Å²) in [5, 5.41) is 3.01. The van der Waals surface area contributed by atoms with Crippen LogP contribution in [0.5, 0.6) is 0 Å². The number of sulfonamides is 1. The van der Waals surface area contributed by atoms with Gasteiger partial charge in [0, 0.05) is 26.3 Å². The molecular formula is C14H23N3O2S. The summed E-state index contributed by atoms with van der Waals surface area (Å²) in [5.41, 5.74) is 0.545. The summed E-state index contributed by atoms with van der Waals surface area (Å²) in [7, 11) is -0.165. The lowest BCUT2D eigenvalue weighted by Gasteiger charge is -2.33. The number of nitrogens with zero attached hydrogens (tertiary/aromatic N) is 2. The van der Waals surface area contributed by atoms with Crippen LogP contribution in [0, 0.1) is 5.92 Å². The molecule has 0 amide bonds. The number of nitrogens with one attached hydrogen (secondary N) is 1. The van der Waals surface area contributed by atoms with Gasteiger partial charge in [0.2, 0.25) is 0 Å². The zero-order valence-corrected chi connectivity index (χ0v) is 13.2. The summed E-state index contributed by atoms with van der Waals surface area (Å²) in [5.74, 6) is 0.582. The highest BCUT2D eigenvalue weighted by molar-refractivity contribution is 7.89. The summed E-state index contributed by atoms with van der Waals surface area (Å²) < 4.78 is 27.0. The highest BCUT2D eigenvalue weighted by atomic mass is 32.2. The van der Waals surface area contributed by atoms with E-state index in [1.54, 1.807) is 26.2 Å². The van der Waals surface area contributed by atoms with Crippen molar-refractivity contribution in [1.82, 2.24) is 9.29 Å². The molecule has 0 radical (unpaired) electrons. The van der Waals surface area contributed by atoms with E-state index in [4.69, 9.17) is 0 Å². The largest absolute Gasteiger partial charge is 0.386 e. The molecule has 20 heavy (non-hydrogen) atoms. The summed E-state index contributed by atoms with van der Waals surface area (Å²) in [6.45, 7) is 2.19. The van der Waals surface area contributed by atoms with Crippen molar-refractivity contribution in [2.75, 3.05) is 19.4 Å². The lowest BCUT2D eigenvalue weighted by Crippen LogP contribution is -2.40. The second kappa shape index (κ2) is 6.10. The minimum atomic E-state index is -3.55. The van der Waals surface area contributed by atoms with Gasteiger partial charge in [-0.15, -0.1) is 0 Å². The van der Waals surface area contributed by atoms with Crippen LogP contribution < -0.4 is 5.32 Å². The van der Waals surface area contributed by atoms with Crippen LogP contribution in [0.3, 0.4) is 0 Å². The Hall–Kier alpha value is -1.14. The van der Waals surface area contributed by atoms with E-state index >= 15 is 0 Å². The van der Waals surface area contributed by atoms with E-state index in [1.807, 2.05) is 0 Å². The van der Waals surface area contributed by atoms with Gasteiger partial charge in [0.15, 0.2) is 5.03 Å². The molecule has 1 aromatic heterocycles. The second-order valence-electron chi connectivity index (χ2n) is 5.55. The topological polar surface area (TPSA) is 62.3 Å². The molecule has 1 heterocycles. The molecule has 1 N–H and O–H groups in total. The smallest absolute Gasteiger partial charge is 0.262 e. The first kappa shape index (κ1) is 15.3. The molecule has 1 aliphatic rings. The van der Waals surface area contributed by atoms with Gasteiger partial charge >= 0.3 is 0 Å². The fraction of sp³-hybridized carbons (Fsp3) is 0.643. The average molecular weight is 297 g/mol. The van der Waals surface area contributed by atoms with Gasteiger partial charge in [-0.05, 0) is 30.9 Å². The highest BCUT2D eigenvalue weighted by Crippen LogP contribution is 2.30. The van der Waals surface area contributed by atoms with Crippen molar-refractivity contribution >= 4 is 15.7 Å². The van der Waals surface area contributed by atoms with Crippen LogP contribution in [0.1, 0.15) is 32.6 Å². The van der Waals surface area contributed by atoms with Gasteiger partial charge in [-0.25, -0.2) is 13.4 Å². The number of aromatic nitrogens is 1. The molecule has 6 heteroatoms. The van der Waals surface area contributed by atoms with Crippen LogP contribution in [-0.4, -0.2) is 37.8 Å². The third-order valence-corrected chi connectivity index (χ3v) is 5.96. The summed E-state index contributed by atoms with van der Waals surface area (Å²) in [4.78, 5) is 4.06. The summed E-state index contributed by atoms with van der Waals surface area (Å²) in [6, 6.07) is 3.54. The predicted octanol–water partition coefficient (Wildman–Crippen LogP) is 2.32. The van der Waals surface area contributed by atoms with Crippen molar-refractivity contribution in [3.63, 3.8) is 0 Å². The van der Waals surface area contributed by atoms with E-state index in [9.17, 15) is 8.42 Å². The van der Waals surface area contributed by atoms with Gasteiger partial charge in [0.05, 0.1) is 5.69 Å². The Morgan fingerprint density at radius 2 is 2.15 bits per heavy atom. The van der Waals surface area contributed by atoms with Gasteiger partial charge in [-0.2, -0.15) is 4.31 Å². The summed E-state index contributed by atoms with van der Waals surface area (Å²) >= 11 is 0. The molecule has 0 aliphatic heterocycles. The first-order valence-electron chi connectivity index (χ1n) is 7.07. The van der Waals surface area contributed by atoms with Gasteiger partial charge in [0.1, 0.15) is 0 Å². The molecule has 1 fully saturated rings. The van der Waals surface area contributed by atoms with Crippen molar-refractivity contribution in [3.05, 3.63) is 18.3 Å². The monoisotopic (exact) mass is 297 g/mol. The number of pyridine rings is 1. The van der Waals surface area contributed by atoms with Crippen molar-refractivity contribution in [3.8, 4) is 0 Å². The highest BCUT2D eigenvalue weighted by Gasteiger charge is 2.33. The fourth-order valence-electron chi connectivity index (χ4n) is 2.85. The molecule has 2 rings (SSSR count). The zero-order chi connectivity index (χ0) is 14.8. The molecular weight excluding hydrogens is 274 g/mol. The van der Waals surface area contributed by atoms with Gasteiger partial charge in [-0.3, -0.25) is 0 Å². The zero-order valence-electron chi connectivity index (χ0n) is 12.3. The van der Waals surface area contributed by atoms with Crippen LogP contribution in [0.25, 0.3) is 0 Å². The standard InChI is InChI=1S/C14H23N3O2S/c1-11-6-4-7-12(10-11)17(3)20(18,19)14-13(15-2)8-5-9-16-14/h5,8-9,11-12,15H,4,6-7,10H2,1-3H3. The molecule has 2 atom stereocenters. The maximum atomic E-state index is 12.7. The molecule has 1 aliphatic carbocycles. The molecule has 5 nitrogen and oxygen atoms in total. The van der Waals surface area contributed by atoms with Crippen molar-refractivity contribution < 1.29 is 8.42 Å². The van der Waals surface area contributed by atoms with E-state index in [-0.39, 0.29) is 11.1 Å². The second-order valence-corrected chi connectivity index (χ2v) is 7.47. The Morgan fingerprint density at radius 3 is 2.80 bits per heavy atom. The number of hydrogen-bond donors (Lipinski definition) is 1. The molecule has 1 aromatic rings. The van der Waals surface area contributed by atoms with Gasteiger partial charge < -0.3 is 5.32 Å².